The number of aromatic hydroxyl groups is 1. The van der Waals surface area contributed by atoms with Gasteiger partial charge in [-0.15, -0.1) is 0 Å². The van der Waals surface area contributed by atoms with Crippen LogP contribution in [-0.4, -0.2) is 69.5 Å². The lowest BCUT2D eigenvalue weighted by Crippen LogP contribution is -2.43. The lowest BCUT2D eigenvalue weighted by molar-refractivity contribution is -0.157. The van der Waals surface area contributed by atoms with Crippen LogP contribution in [0.25, 0.3) is 38.7 Å². The van der Waals surface area contributed by atoms with Crippen LogP contribution in [-0.2, 0) is 23.8 Å². The predicted molar refractivity (Wildman–Crippen MR) is 234 cm³/mol. The van der Waals surface area contributed by atoms with E-state index >= 15 is 0 Å². The number of ether oxygens (including phenoxy) is 5. The number of carbonyl (C=O) groups is 2. The average Bonchev–Trinajstić information content (AvgIpc) is 3.48. The van der Waals surface area contributed by atoms with Gasteiger partial charge in [-0.05, 0) is 51.5 Å². The highest BCUT2D eigenvalue weighted by Crippen LogP contribution is 2.42. The number of benzene rings is 3. The maximum atomic E-state index is 14.7. The van der Waals surface area contributed by atoms with E-state index < -0.39 is 64.3 Å². The molecule has 0 aliphatic carbocycles. The third-order valence-corrected chi connectivity index (χ3v) is 12.4. The summed E-state index contributed by atoms with van der Waals surface area (Å²) < 4.78 is 36.2. The van der Waals surface area contributed by atoms with E-state index in [2.05, 4.69) is 10.3 Å². The average molecular weight is 857 g/mol. The van der Waals surface area contributed by atoms with E-state index in [4.69, 9.17) is 28.1 Å². The molecule has 15 nitrogen and oxygen atoms in total. The van der Waals surface area contributed by atoms with Crippen molar-refractivity contribution in [2.45, 2.75) is 106 Å². The summed E-state index contributed by atoms with van der Waals surface area (Å²) in [5, 5.41) is 37.5. The molecule has 1 aromatic heterocycles. The summed E-state index contributed by atoms with van der Waals surface area (Å²) >= 11 is 0. The first-order chi connectivity index (χ1) is 29.1. The molecule has 1 amide bonds. The molecule has 4 bridgehead atoms. The lowest BCUT2D eigenvalue weighted by Gasteiger charge is -2.39. The van der Waals surface area contributed by atoms with Gasteiger partial charge in [0.15, 0.2) is 22.4 Å². The number of aliphatic hydroxyl groups excluding tert-OH is 2. The van der Waals surface area contributed by atoms with Crippen LogP contribution in [0.5, 0.6) is 17.2 Å². The summed E-state index contributed by atoms with van der Waals surface area (Å²) in [6, 6.07) is 2.69. The topological polar surface area (TPSA) is 213 Å². The number of phenols is 1. The molecule has 62 heavy (non-hydrogen) atoms. The lowest BCUT2D eigenvalue weighted by atomic mass is 9.73. The van der Waals surface area contributed by atoms with Crippen LogP contribution in [0.15, 0.2) is 62.3 Å². The van der Waals surface area contributed by atoms with Gasteiger partial charge in [0, 0.05) is 61.4 Å². The molecule has 6 rings (SSSR count). The van der Waals surface area contributed by atoms with Crippen molar-refractivity contribution in [3.8, 4) is 17.2 Å². The number of allylic oxidation sites excluding steroid dienone is 2. The molecular formula is C47H56N2O13. The van der Waals surface area contributed by atoms with Gasteiger partial charge < -0.3 is 48.7 Å². The highest BCUT2D eigenvalue weighted by molar-refractivity contribution is 6.16. The fourth-order valence-corrected chi connectivity index (χ4v) is 8.42. The zero-order valence-corrected chi connectivity index (χ0v) is 37.1. The fraction of sp³-hybridized carbons (Fsp3) is 0.468. The number of nitrogens with one attached hydrogen (secondary N) is 1. The first kappa shape index (κ1) is 45.6. The van der Waals surface area contributed by atoms with Crippen molar-refractivity contribution in [1.29, 1.82) is 0 Å². The number of carbonyl (C=O) groups excluding carboxylic acids is 2. The van der Waals surface area contributed by atoms with Gasteiger partial charge >= 0.3 is 11.8 Å². The fourth-order valence-electron chi connectivity index (χ4n) is 8.42. The van der Waals surface area contributed by atoms with E-state index in [0.717, 1.165) is 0 Å². The van der Waals surface area contributed by atoms with Crippen molar-refractivity contribution in [3.05, 3.63) is 79.5 Å². The molecule has 15 heteroatoms. The SMILES string of the molecule is CO[C@H]1/C=C/O[C@@]2(C)Oc3c(C)c(O)c4c(=O)c(c5oc6cc(OC(C)C)cc(=O)c6nc5c4c3=C2O)NC(=O)/C(C)=C\C=C\[C@H](C)[C@H](O)[C@@H](C)[C@@H](C)[C@@H](C)[C@H](OC(C)=O)[C@@H]1C. The van der Waals surface area contributed by atoms with E-state index in [9.17, 15) is 34.5 Å². The summed E-state index contributed by atoms with van der Waals surface area (Å²) in [6.45, 7) is 19.0. The standard InChI is InChI=1S/C47H56N2O13/c1-20(2)59-29-18-30(51)36-32(19-29)61-44-37(48-36)33-34-40(53)27(9)43-35(33)45(55)47(11,62-43)58-17-16-31(57-12)26(8)42(60-28(10)50)25(7)23(5)24(6)39(52)21(3)14-13-15-22(4)46(56)49-38(44)41(34)54/h13-21,23-26,31,39,42,52-53,55H,1-12H3,(H,49,56)/b14-13+,17-16+,22-15-/t21-,23+,24-,25+,26+,31-,39-,42-,47-/m0/s1. The number of methoxy groups -OCH3 is 1. The van der Waals surface area contributed by atoms with Crippen molar-refractivity contribution >= 4 is 56.3 Å². The third kappa shape index (κ3) is 8.22. The molecule has 0 radical (unpaired) electrons. The molecule has 0 unspecified atom stereocenters. The Hall–Kier alpha value is -5.93. The summed E-state index contributed by atoms with van der Waals surface area (Å²) in [5.74, 6) is -5.52. The van der Waals surface area contributed by atoms with Crippen LogP contribution in [0.4, 0.5) is 5.69 Å². The third-order valence-electron chi connectivity index (χ3n) is 12.4. The predicted octanol–water partition coefficient (Wildman–Crippen LogP) is 6.62. The molecule has 0 spiro atoms. The van der Waals surface area contributed by atoms with Crippen LogP contribution in [0.3, 0.4) is 0 Å². The number of phenolic OH excluding ortho intramolecular Hbond substituents is 1. The number of aromatic nitrogens is 1. The Morgan fingerprint density at radius 3 is 2.29 bits per heavy atom. The first-order valence-corrected chi connectivity index (χ1v) is 20.7. The van der Waals surface area contributed by atoms with Crippen LogP contribution in [0, 0.1) is 36.5 Å². The minimum Gasteiger partial charge on any atom is -0.507 e. The van der Waals surface area contributed by atoms with Gasteiger partial charge in [0.1, 0.15) is 34.6 Å². The number of amides is 1. The van der Waals surface area contributed by atoms with Crippen LogP contribution < -0.4 is 30.9 Å². The summed E-state index contributed by atoms with van der Waals surface area (Å²) in [7, 11) is 1.50. The van der Waals surface area contributed by atoms with Crippen LogP contribution in [0.1, 0.15) is 74.8 Å². The van der Waals surface area contributed by atoms with E-state index in [1.165, 1.54) is 59.3 Å². The zero-order chi connectivity index (χ0) is 45.7. The van der Waals surface area contributed by atoms with E-state index in [1.807, 2.05) is 34.6 Å². The molecule has 2 aliphatic heterocycles. The van der Waals surface area contributed by atoms with Crippen LogP contribution in [0.2, 0.25) is 0 Å². The van der Waals surface area contributed by atoms with Crippen molar-refractivity contribution < 1.29 is 53.0 Å². The van der Waals surface area contributed by atoms with Gasteiger partial charge in [-0.25, -0.2) is 4.98 Å². The van der Waals surface area contributed by atoms with Gasteiger partial charge in [-0.3, -0.25) is 19.2 Å². The maximum absolute atomic E-state index is 14.7. The molecule has 0 saturated heterocycles. The van der Waals surface area contributed by atoms with E-state index in [-0.39, 0.29) is 96.3 Å². The molecule has 0 saturated carbocycles. The number of esters is 1. The largest absolute Gasteiger partial charge is 0.507 e. The van der Waals surface area contributed by atoms with Crippen LogP contribution >= 0.6 is 0 Å². The van der Waals surface area contributed by atoms with Gasteiger partial charge in [-0.1, -0.05) is 52.8 Å². The Morgan fingerprint density at radius 2 is 1.65 bits per heavy atom. The van der Waals surface area contributed by atoms with E-state index in [1.54, 1.807) is 32.1 Å². The van der Waals surface area contributed by atoms with Gasteiger partial charge in [-0.2, -0.15) is 0 Å². The number of rotatable bonds is 4. The number of hydrogen-bond donors (Lipinski definition) is 4. The van der Waals surface area contributed by atoms with Crippen molar-refractivity contribution in [3.63, 3.8) is 0 Å². The Balaban J connectivity index is 1.65. The van der Waals surface area contributed by atoms with Crippen molar-refractivity contribution in [1.82, 2.24) is 4.98 Å². The summed E-state index contributed by atoms with van der Waals surface area (Å²) in [6.07, 6.45) is 5.32. The second kappa shape index (κ2) is 17.4. The molecule has 3 heterocycles. The number of nitrogens with zero attached hydrogens (tertiary/aromatic N) is 1. The molecular weight excluding hydrogens is 801 g/mol. The zero-order valence-electron chi connectivity index (χ0n) is 37.1. The Morgan fingerprint density at radius 1 is 0.952 bits per heavy atom. The van der Waals surface area contributed by atoms with Gasteiger partial charge in [0.2, 0.25) is 10.9 Å². The van der Waals surface area contributed by atoms with Gasteiger partial charge in [0.05, 0.1) is 35.2 Å². The number of anilines is 1. The number of hydrogen-bond acceptors (Lipinski definition) is 14. The second-order valence-corrected chi connectivity index (χ2v) is 17.1. The van der Waals surface area contributed by atoms with E-state index in [0.29, 0.717) is 0 Å². The quantitative estimate of drug-likeness (QED) is 0.0965. The highest BCUT2D eigenvalue weighted by atomic mass is 16.7. The molecule has 4 aromatic rings. The number of fused-ring (bicyclic) bond motifs is 2. The molecule has 332 valence electrons. The molecule has 9 atom stereocenters. The highest BCUT2D eigenvalue weighted by Gasteiger charge is 2.44. The monoisotopic (exact) mass is 856 g/mol. The first-order valence-electron chi connectivity index (χ1n) is 20.7. The molecule has 4 N–H and O–H groups in total. The Bertz CT molecular complexity index is 2720. The smallest absolute Gasteiger partial charge is 0.307 e. The van der Waals surface area contributed by atoms with Gasteiger partial charge in [0.25, 0.3) is 5.91 Å². The minimum absolute atomic E-state index is 0.0400. The van der Waals surface area contributed by atoms with Crippen molar-refractivity contribution in [2.24, 2.45) is 29.6 Å². The summed E-state index contributed by atoms with van der Waals surface area (Å²) in [5.41, 5.74) is -2.23. The maximum Gasteiger partial charge on any atom is 0.307 e. The minimum atomic E-state index is -1.95. The number of aliphatic hydroxyl groups is 2. The normalized spacial score (nSPS) is 29.3. The Labute approximate surface area is 358 Å². The second-order valence-electron chi connectivity index (χ2n) is 17.1. The van der Waals surface area contributed by atoms with Crippen molar-refractivity contribution in [2.75, 3.05) is 12.4 Å². The Kier molecular flexibility index (Phi) is 12.8. The summed E-state index contributed by atoms with van der Waals surface area (Å²) in [4.78, 5) is 59.3. The molecule has 0 fully saturated rings. The molecule has 2 aliphatic rings. The molecule has 3 aromatic carbocycles.